The molecule has 2 unspecified atom stereocenters. The Bertz CT molecular complexity index is 312. The third-order valence-electron chi connectivity index (χ3n) is 3.82. The van der Waals surface area contributed by atoms with Crippen LogP contribution in [0, 0.1) is 0 Å². The van der Waals surface area contributed by atoms with Crippen LogP contribution in [-0.2, 0) is 19.0 Å². The number of ether oxygens (including phenoxy) is 3. The summed E-state index contributed by atoms with van der Waals surface area (Å²) in [6.45, 7) is 0. The zero-order chi connectivity index (χ0) is 13.0. The molecular weight excluding hydrogens is 232 g/mol. The lowest BCUT2D eigenvalue weighted by Gasteiger charge is -2.33. The van der Waals surface area contributed by atoms with Gasteiger partial charge in [0.2, 0.25) is 0 Å². The maximum Gasteiger partial charge on any atom is 0.333 e. The van der Waals surface area contributed by atoms with Crippen molar-refractivity contribution in [1.82, 2.24) is 0 Å². The summed E-state index contributed by atoms with van der Waals surface area (Å²) in [5.41, 5.74) is 0.837. The predicted octanol–water partition coefficient (Wildman–Crippen LogP) is 2.22. The predicted molar refractivity (Wildman–Crippen MR) is 67.3 cm³/mol. The summed E-state index contributed by atoms with van der Waals surface area (Å²) in [7, 11) is 3.39. The van der Waals surface area contributed by atoms with Gasteiger partial charge in [0.05, 0.1) is 12.2 Å². The summed E-state index contributed by atoms with van der Waals surface area (Å²) in [4.78, 5) is 11.9. The molecule has 0 saturated heterocycles. The Morgan fingerprint density at radius 3 is 2.22 bits per heavy atom. The smallest absolute Gasteiger partial charge is 0.333 e. The Balaban J connectivity index is 1.89. The first-order valence-electron chi connectivity index (χ1n) is 6.68. The minimum atomic E-state index is -0.149. The first-order chi connectivity index (χ1) is 8.72. The van der Waals surface area contributed by atoms with E-state index in [1.165, 1.54) is 0 Å². The largest absolute Gasteiger partial charge is 0.459 e. The van der Waals surface area contributed by atoms with Crippen molar-refractivity contribution in [3.05, 3.63) is 11.6 Å². The Hall–Kier alpha value is -0.870. The van der Waals surface area contributed by atoms with E-state index in [2.05, 4.69) is 0 Å². The van der Waals surface area contributed by atoms with Gasteiger partial charge < -0.3 is 14.2 Å². The SMILES string of the molecule is COC1CC(OC)CC(OC(=O)C2=CCCC2)C1. The third kappa shape index (κ3) is 3.33. The van der Waals surface area contributed by atoms with Gasteiger partial charge in [-0.25, -0.2) is 4.79 Å². The Labute approximate surface area is 108 Å². The monoisotopic (exact) mass is 254 g/mol. The van der Waals surface area contributed by atoms with E-state index in [4.69, 9.17) is 14.2 Å². The molecule has 102 valence electrons. The number of rotatable bonds is 4. The van der Waals surface area contributed by atoms with Crippen molar-refractivity contribution in [2.45, 2.75) is 56.8 Å². The minimum absolute atomic E-state index is 0.0809. The molecule has 1 saturated carbocycles. The molecule has 0 heterocycles. The van der Waals surface area contributed by atoms with E-state index in [1.807, 2.05) is 6.08 Å². The van der Waals surface area contributed by atoms with Gasteiger partial charge in [-0.2, -0.15) is 0 Å². The molecule has 0 aromatic carbocycles. The van der Waals surface area contributed by atoms with Gasteiger partial charge in [-0.05, 0) is 19.3 Å². The van der Waals surface area contributed by atoms with Gasteiger partial charge >= 0.3 is 5.97 Å². The zero-order valence-corrected chi connectivity index (χ0v) is 11.2. The van der Waals surface area contributed by atoms with Gasteiger partial charge in [-0.15, -0.1) is 0 Å². The molecule has 0 aromatic heterocycles. The van der Waals surface area contributed by atoms with Crippen LogP contribution < -0.4 is 0 Å². The standard InChI is InChI=1S/C14H22O4/c1-16-11-7-12(17-2)9-13(8-11)18-14(15)10-5-3-4-6-10/h5,11-13H,3-4,6-9H2,1-2H3. The zero-order valence-electron chi connectivity index (χ0n) is 11.2. The number of carbonyl (C=O) groups excluding carboxylic acids is 1. The molecule has 0 aliphatic heterocycles. The molecule has 0 bridgehead atoms. The highest BCUT2D eigenvalue weighted by Crippen LogP contribution is 2.27. The second-order valence-corrected chi connectivity index (χ2v) is 5.07. The van der Waals surface area contributed by atoms with Gasteiger partial charge in [0.1, 0.15) is 6.10 Å². The lowest BCUT2D eigenvalue weighted by molar-refractivity contribution is -0.151. The van der Waals surface area contributed by atoms with E-state index in [1.54, 1.807) is 14.2 Å². The first kappa shape index (κ1) is 13.6. The van der Waals surface area contributed by atoms with Crippen LogP contribution in [0.15, 0.2) is 11.6 Å². The first-order valence-corrected chi connectivity index (χ1v) is 6.68. The molecule has 0 aromatic rings. The summed E-state index contributed by atoms with van der Waals surface area (Å²) in [5.74, 6) is -0.149. The Kier molecular flexibility index (Phi) is 4.78. The van der Waals surface area contributed by atoms with Crippen LogP contribution in [0.3, 0.4) is 0 Å². The number of hydrogen-bond acceptors (Lipinski definition) is 4. The summed E-state index contributed by atoms with van der Waals surface area (Å²) in [6, 6.07) is 0. The second-order valence-electron chi connectivity index (χ2n) is 5.07. The van der Waals surface area contributed by atoms with Crippen molar-refractivity contribution in [3.63, 3.8) is 0 Å². The Morgan fingerprint density at radius 2 is 1.72 bits per heavy atom. The van der Waals surface area contributed by atoms with E-state index >= 15 is 0 Å². The van der Waals surface area contributed by atoms with E-state index < -0.39 is 0 Å². The van der Waals surface area contributed by atoms with Crippen molar-refractivity contribution in [3.8, 4) is 0 Å². The van der Waals surface area contributed by atoms with Crippen LogP contribution >= 0.6 is 0 Å². The van der Waals surface area contributed by atoms with Gasteiger partial charge in [0.25, 0.3) is 0 Å². The summed E-state index contributed by atoms with van der Waals surface area (Å²) >= 11 is 0. The number of allylic oxidation sites excluding steroid dienone is 1. The molecule has 2 rings (SSSR count). The molecule has 2 atom stereocenters. The second kappa shape index (κ2) is 6.34. The quantitative estimate of drug-likeness (QED) is 0.722. The molecule has 4 nitrogen and oxygen atoms in total. The minimum Gasteiger partial charge on any atom is -0.459 e. The number of esters is 1. The van der Waals surface area contributed by atoms with Crippen LogP contribution in [0.25, 0.3) is 0 Å². The van der Waals surface area contributed by atoms with E-state index in [0.717, 1.165) is 44.1 Å². The van der Waals surface area contributed by atoms with Crippen LogP contribution in [0.1, 0.15) is 38.5 Å². The fourth-order valence-corrected chi connectivity index (χ4v) is 2.73. The lowest BCUT2D eigenvalue weighted by Crippen LogP contribution is -2.37. The molecule has 2 aliphatic carbocycles. The highest BCUT2D eigenvalue weighted by molar-refractivity contribution is 5.89. The van der Waals surface area contributed by atoms with Gasteiger partial charge in [-0.1, -0.05) is 6.08 Å². The van der Waals surface area contributed by atoms with Crippen LogP contribution in [0.4, 0.5) is 0 Å². The van der Waals surface area contributed by atoms with Gasteiger partial charge in [0.15, 0.2) is 0 Å². The molecule has 18 heavy (non-hydrogen) atoms. The summed E-state index contributed by atoms with van der Waals surface area (Å²) < 4.78 is 16.3. The highest BCUT2D eigenvalue weighted by Gasteiger charge is 2.32. The molecular formula is C14H22O4. The third-order valence-corrected chi connectivity index (χ3v) is 3.82. The van der Waals surface area contributed by atoms with Crippen molar-refractivity contribution >= 4 is 5.97 Å². The van der Waals surface area contributed by atoms with Crippen LogP contribution in [0.5, 0.6) is 0 Å². The van der Waals surface area contributed by atoms with Crippen molar-refractivity contribution in [2.24, 2.45) is 0 Å². The van der Waals surface area contributed by atoms with Crippen LogP contribution in [-0.4, -0.2) is 38.5 Å². The fraction of sp³-hybridized carbons (Fsp3) is 0.786. The number of hydrogen-bond donors (Lipinski definition) is 0. The highest BCUT2D eigenvalue weighted by atomic mass is 16.6. The fourth-order valence-electron chi connectivity index (χ4n) is 2.73. The average Bonchev–Trinajstić information content (AvgIpc) is 2.92. The molecule has 2 aliphatic rings. The average molecular weight is 254 g/mol. The van der Waals surface area contributed by atoms with Crippen molar-refractivity contribution < 1.29 is 19.0 Å². The maximum absolute atomic E-state index is 11.9. The van der Waals surface area contributed by atoms with Gasteiger partial charge in [0, 0.05) is 39.1 Å². The number of methoxy groups -OCH3 is 2. The Morgan fingerprint density at radius 1 is 1.11 bits per heavy atom. The van der Waals surface area contributed by atoms with Crippen LogP contribution in [0.2, 0.25) is 0 Å². The lowest BCUT2D eigenvalue weighted by atomic mass is 9.92. The van der Waals surface area contributed by atoms with Gasteiger partial charge in [-0.3, -0.25) is 0 Å². The van der Waals surface area contributed by atoms with E-state index in [-0.39, 0.29) is 24.3 Å². The van der Waals surface area contributed by atoms with E-state index in [9.17, 15) is 4.79 Å². The summed E-state index contributed by atoms with van der Waals surface area (Å²) in [5, 5.41) is 0. The normalized spacial score (nSPS) is 32.1. The molecule has 0 spiro atoms. The maximum atomic E-state index is 11.9. The number of carbonyl (C=O) groups is 1. The molecule has 4 heteroatoms. The molecule has 0 radical (unpaired) electrons. The molecule has 1 fully saturated rings. The molecule has 0 amide bonds. The van der Waals surface area contributed by atoms with Crippen molar-refractivity contribution in [2.75, 3.05) is 14.2 Å². The van der Waals surface area contributed by atoms with Crippen molar-refractivity contribution in [1.29, 1.82) is 0 Å². The van der Waals surface area contributed by atoms with E-state index in [0.29, 0.717) is 0 Å². The molecule has 0 N–H and O–H groups in total. The summed E-state index contributed by atoms with van der Waals surface area (Å²) in [6.07, 6.45) is 7.50. The topological polar surface area (TPSA) is 44.8 Å².